The van der Waals surface area contributed by atoms with E-state index in [1.54, 1.807) is 13.2 Å². The SMILES string of the molecule is CCC(C)(CNCCOC)Cc1ccccc1F. The molecule has 0 heterocycles. The van der Waals surface area contributed by atoms with Crippen LogP contribution in [-0.4, -0.2) is 26.8 Å². The van der Waals surface area contributed by atoms with Crippen LogP contribution in [0.15, 0.2) is 24.3 Å². The van der Waals surface area contributed by atoms with E-state index in [4.69, 9.17) is 4.74 Å². The number of methoxy groups -OCH3 is 1. The van der Waals surface area contributed by atoms with Gasteiger partial charge < -0.3 is 10.1 Å². The zero-order chi connectivity index (χ0) is 13.4. The maximum Gasteiger partial charge on any atom is 0.126 e. The van der Waals surface area contributed by atoms with Crippen molar-refractivity contribution in [1.29, 1.82) is 0 Å². The summed E-state index contributed by atoms with van der Waals surface area (Å²) in [6, 6.07) is 7.04. The Kier molecular flexibility index (Phi) is 6.30. The van der Waals surface area contributed by atoms with Crippen LogP contribution in [0.3, 0.4) is 0 Å². The first-order valence-electron chi connectivity index (χ1n) is 6.54. The number of ether oxygens (including phenoxy) is 1. The van der Waals surface area contributed by atoms with Crippen LogP contribution in [0.4, 0.5) is 4.39 Å². The van der Waals surface area contributed by atoms with E-state index in [1.165, 1.54) is 6.07 Å². The van der Waals surface area contributed by atoms with Gasteiger partial charge in [0, 0.05) is 20.2 Å². The average molecular weight is 253 g/mol. The second-order valence-electron chi connectivity index (χ2n) is 5.10. The molecule has 0 radical (unpaired) electrons. The maximum atomic E-state index is 13.7. The molecule has 1 atom stereocenters. The van der Waals surface area contributed by atoms with Crippen molar-refractivity contribution in [2.45, 2.75) is 26.7 Å². The molecule has 0 aromatic heterocycles. The monoisotopic (exact) mass is 253 g/mol. The fourth-order valence-corrected chi connectivity index (χ4v) is 1.98. The summed E-state index contributed by atoms with van der Waals surface area (Å²) in [4.78, 5) is 0. The van der Waals surface area contributed by atoms with Crippen LogP contribution in [0, 0.1) is 11.2 Å². The molecule has 0 amide bonds. The lowest BCUT2D eigenvalue weighted by Crippen LogP contribution is -2.35. The Labute approximate surface area is 110 Å². The average Bonchev–Trinajstić information content (AvgIpc) is 2.38. The van der Waals surface area contributed by atoms with Crippen molar-refractivity contribution in [1.82, 2.24) is 5.32 Å². The molecule has 1 unspecified atom stereocenters. The van der Waals surface area contributed by atoms with E-state index in [9.17, 15) is 4.39 Å². The second-order valence-corrected chi connectivity index (χ2v) is 5.10. The number of nitrogens with one attached hydrogen (secondary N) is 1. The van der Waals surface area contributed by atoms with Crippen LogP contribution in [-0.2, 0) is 11.2 Å². The molecule has 1 aromatic carbocycles. The second kappa shape index (κ2) is 7.49. The summed E-state index contributed by atoms with van der Waals surface area (Å²) in [5, 5.41) is 3.37. The Bertz CT molecular complexity index is 356. The summed E-state index contributed by atoms with van der Waals surface area (Å²) < 4.78 is 18.7. The molecule has 0 aliphatic heterocycles. The molecule has 0 saturated carbocycles. The molecule has 1 rings (SSSR count). The van der Waals surface area contributed by atoms with E-state index in [1.807, 2.05) is 12.1 Å². The molecule has 0 bridgehead atoms. The highest BCUT2D eigenvalue weighted by Crippen LogP contribution is 2.26. The summed E-state index contributed by atoms with van der Waals surface area (Å²) in [6.07, 6.45) is 1.78. The van der Waals surface area contributed by atoms with Crippen molar-refractivity contribution in [3.63, 3.8) is 0 Å². The quantitative estimate of drug-likeness (QED) is 0.719. The summed E-state index contributed by atoms with van der Waals surface area (Å²) >= 11 is 0. The third-order valence-corrected chi connectivity index (χ3v) is 3.46. The third-order valence-electron chi connectivity index (χ3n) is 3.46. The van der Waals surface area contributed by atoms with Gasteiger partial charge in [-0.25, -0.2) is 4.39 Å². The van der Waals surface area contributed by atoms with Crippen molar-refractivity contribution in [2.75, 3.05) is 26.8 Å². The first kappa shape index (κ1) is 15.1. The van der Waals surface area contributed by atoms with Gasteiger partial charge in [-0.2, -0.15) is 0 Å². The zero-order valence-electron chi connectivity index (χ0n) is 11.6. The van der Waals surface area contributed by atoms with Crippen LogP contribution in [0.5, 0.6) is 0 Å². The van der Waals surface area contributed by atoms with Crippen molar-refractivity contribution in [3.05, 3.63) is 35.6 Å². The van der Waals surface area contributed by atoms with Crippen molar-refractivity contribution in [3.8, 4) is 0 Å². The fraction of sp³-hybridized carbons (Fsp3) is 0.600. The van der Waals surface area contributed by atoms with E-state index in [2.05, 4.69) is 19.2 Å². The molecule has 18 heavy (non-hydrogen) atoms. The molecule has 3 heteroatoms. The molecule has 0 spiro atoms. The topological polar surface area (TPSA) is 21.3 Å². The lowest BCUT2D eigenvalue weighted by atomic mass is 9.81. The van der Waals surface area contributed by atoms with Crippen molar-refractivity contribution < 1.29 is 9.13 Å². The van der Waals surface area contributed by atoms with E-state index >= 15 is 0 Å². The Morgan fingerprint density at radius 3 is 2.67 bits per heavy atom. The molecule has 0 saturated heterocycles. The van der Waals surface area contributed by atoms with Crippen molar-refractivity contribution >= 4 is 0 Å². The number of hydrogen-bond donors (Lipinski definition) is 1. The standard InChI is InChI=1S/C15H24FNO/c1-4-15(2,12-17-9-10-18-3)11-13-7-5-6-8-14(13)16/h5-8,17H,4,9-12H2,1-3H3. The van der Waals surface area contributed by atoms with Gasteiger partial charge in [0.05, 0.1) is 6.61 Å². The molecular formula is C15H24FNO. The van der Waals surface area contributed by atoms with Crippen LogP contribution >= 0.6 is 0 Å². The number of halogens is 1. The third kappa shape index (κ3) is 4.75. The van der Waals surface area contributed by atoms with Gasteiger partial charge >= 0.3 is 0 Å². The predicted molar refractivity (Wildman–Crippen MR) is 73.2 cm³/mol. The zero-order valence-corrected chi connectivity index (χ0v) is 11.6. The molecule has 1 aromatic rings. The number of hydrogen-bond acceptors (Lipinski definition) is 2. The lowest BCUT2D eigenvalue weighted by Gasteiger charge is -2.29. The van der Waals surface area contributed by atoms with Gasteiger partial charge in [0.1, 0.15) is 5.82 Å². The summed E-state index contributed by atoms with van der Waals surface area (Å²) in [7, 11) is 1.69. The highest BCUT2D eigenvalue weighted by atomic mass is 19.1. The molecule has 0 aliphatic carbocycles. The van der Waals surface area contributed by atoms with Gasteiger partial charge in [0.15, 0.2) is 0 Å². The van der Waals surface area contributed by atoms with E-state index in [0.717, 1.165) is 31.5 Å². The maximum absolute atomic E-state index is 13.7. The Balaban J connectivity index is 2.56. The van der Waals surface area contributed by atoms with Gasteiger partial charge in [-0.15, -0.1) is 0 Å². The Hall–Kier alpha value is -0.930. The van der Waals surface area contributed by atoms with Gasteiger partial charge in [0.25, 0.3) is 0 Å². The van der Waals surface area contributed by atoms with Crippen LogP contribution in [0.2, 0.25) is 0 Å². The summed E-state index contributed by atoms with van der Waals surface area (Å²) in [5.41, 5.74) is 0.881. The smallest absolute Gasteiger partial charge is 0.126 e. The normalized spacial score (nSPS) is 14.4. The first-order chi connectivity index (χ1) is 8.61. The molecular weight excluding hydrogens is 229 g/mol. The minimum absolute atomic E-state index is 0.0793. The van der Waals surface area contributed by atoms with Crippen LogP contribution in [0.25, 0.3) is 0 Å². The van der Waals surface area contributed by atoms with E-state index in [0.29, 0.717) is 6.61 Å². The van der Waals surface area contributed by atoms with Crippen molar-refractivity contribution in [2.24, 2.45) is 5.41 Å². The molecule has 2 nitrogen and oxygen atoms in total. The van der Waals surface area contributed by atoms with E-state index in [-0.39, 0.29) is 11.2 Å². The fourth-order valence-electron chi connectivity index (χ4n) is 1.98. The summed E-state index contributed by atoms with van der Waals surface area (Å²) in [5.74, 6) is -0.103. The van der Waals surface area contributed by atoms with Crippen LogP contribution in [0.1, 0.15) is 25.8 Å². The summed E-state index contributed by atoms with van der Waals surface area (Å²) in [6.45, 7) is 6.77. The van der Waals surface area contributed by atoms with Crippen LogP contribution < -0.4 is 5.32 Å². The minimum atomic E-state index is -0.103. The Morgan fingerprint density at radius 2 is 2.06 bits per heavy atom. The van der Waals surface area contributed by atoms with Gasteiger partial charge in [-0.1, -0.05) is 32.0 Å². The largest absolute Gasteiger partial charge is 0.383 e. The highest BCUT2D eigenvalue weighted by molar-refractivity contribution is 5.18. The van der Waals surface area contributed by atoms with E-state index < -0.39 is 0 Å². The minimum Gasteiger partial charge on any atom is -0.383 e. The number of benzene rings is 1. The number of rotatable bonds is 8. The predicted octanol–water partition coefficient (Wildman–Crippen LogP) is 3.02. The molecule has 0 fully saturated rings. The lowest BCUT2D eigenvalue weighted by molar-refractivity contribution is 0.191. The molecule has 0 aliphatic rings. The van der Waals surface area contributed by atoms with Gasteiger partial charge in [-0.05, 0) is 29.9 Å². The van der Waals surface area contributed by atoms with Gasteiger partial charge in [0.2, 0.25) is 0 Å². The van der Waals surface area contributed by atoms with Gasteiger partial charge in [-0.3, -0.25) is 0 Å². The Morgan fingerprint density at radius 1 is 1.33 bits per heavy atom. The highest BCUT2D eigenvalue weighted by Gasteiger charge is 2.23. The first-order valence-corrected chi connectivity index (χ1v) is 6.54. The molecule has 1 N–H and O–H groups in total. The molecule has 102 valence electrons.